The van der Waals surface area contributed by atoms with Gasteiger partial charge in [0.2, 0.25) is 11.1 Å². The first kappa shape index (κ1) is 22.9. The Morgan fingerprint density at radius 2 is 2.00 bits per heavy atom. The van der Waals surface area contributed by atoms with Gasteiger partial charge in [0.25, 0.3) is 0 Å². The van der Waals surface area contributed by atoms with Gasteiger partial charge in [0, 0.05) is 20.9 Å². The Balaban J connectivity index is 1.68. The standard InChI is InChI=1S/C23H22BrClN4O2S/c1-3-12-31-21(30)19-14(2)26-22-27-23(32-13-16-6-4-5-7-18(16)25)28-29(22)20(19)15-8-10-17(24)11-9-15/h4-11,20H,3,12-13H2,1-2H3,(H,26,27,28). The molecule has 166 valence electrons. The molecule has 0 saturated heterocycles. The molecule has 2 heterocycles. The topological polar surface area (TPSA) is 69.0 Å². The molecule has 0 saturated carbocycles. The zero-order chi connectivity index (χ0) is 22.7. The van der Waals surface area contributed by atoms with Gasteiger partial charge in [-0.15, -0.1) is 5.10 Å². The average molecular weight is 534 g/mol. The molecule has 32 heavy (non-hydrogen) atoms. The number of halogens is 2. The number of hydrogen-bond acceptors (Lipinski definition) is 6. The Bertz CT molecular complexity index is 1160. The number of benzene rings is 2. The molecule has 0 fully saturated rings. The van der Waals surface area contributed by atoms with Crippen molar-refractivity contribution < 1.29 is 9.53 Å². The minimum absolute atomic E-state index is 0.351. The number of nitrogens with zero attached hydrogens (tertiary/aromatic N) is 3. The third-order valence-corrected chi connectivity index (χ3v) is 6.77. The average Bonchev–Trinajstić information content (AvgIpc) is 3.19. The van der Waals surface area contributed by atoms with E-state index in [1.807, 2.05) is 62.4 Å². The monoisotopic (exact) mass is 532 g/mol. The van der Waals surface area contributed by atoms with Gasteiger partial charge >= 0.3 is 5.97 Å². The zero-order valence-electron chi connectivity index (χ0n) is 17.6. The molecule has 0 aliphatic carbocycles. The first-order chi connectivity index (χ1) is 15.5. The molecule has 9 heteroatoms. The van der Waals surface area contributed by atoms with Gasteiger partial charge in [0.05, 0.1) is 12.2 Å². The summed E-state index contributed by atoms with van der Waals surface area (Å²) < 4.78 is 8.21. The maximum Gasteiger partial charge on any atom is 0.338 e. The van der Waals surface area contributed by atoms with E-state index in [0.29, 0.717) is 39.8 Å². The summed E-state index contributed by atoms with van der Waals surface area (Å²) in [6.45, 7) is 4.20. The quantitative estimate of drug-likeness (QED) is 0.287. The second-order valence-corrected chi connectivity index (χ2v) is 9.56. The molecule has 1 aromatic heterocycles. The predicted molar refractivity (Wildman–Crippen MR) is 131 cm³/mol. The highest BCUT2D eigenvalue weighted by atomic mass is 79.9. The number of allylic oxidation sites excluding steroid dienone is 1. The lowest BCUT2D eigenvalue weighted by Gasteiger charge is -2.28. The van der Waals surface area contributed by atoms with Crippen LogP contribution in [0.4, 0.5) is 5.95 Å². The molecular formula is C23H22BrClN4O2S. The van der Waals surface area contributed by atoms with Crippen molar-refractivity contribution in [3.8, 4) is 0 Å². The van der Waals surface area contributed by atoms with Crippen LogP contribution in [0.3, 0.4) is 0 Å². The second kappa shape index (κ2) is 10.1. The highest BCUT2D eigenvalue weighted by Gasteiger charge is 2.35. The molecule has 4 rings (SSSR count). The molecule has 2 aromatic carbocycles. The summed E-state index contributed by atoms with van der Waals surface area (Å²) in [5.74, 6) is 0.879. The molecule has 0 bridgehead atoms. The molecule has 0 radical (unpaired) electrons. The number of carbonyl (C=O) groups is 1. The van der Waals surface area contributed by atoms with E-state index in [1.54, 1.807) is 4.68 Å². The predicted octanol–water partition coefficient (Wildman–Crippen LogP) is 6.23. The van der Waals surface area contributed by atoms with Crippen molar-refractivity contribution in [3.05, 3.63) is 80.4 Å². The maximum atomic E-state index is 13.0. The number of rotatable bonds is 7. The minimum atomic E-state index is -0.439. The normalized spacial score (nSPS) is 15.3. The van der Waals surface area contributed by atoms with Crippen molar-refractivity contribution in [1.29, 1.82) is 0 Å². The summed E-state index contributed by atoms with van der Waals surface area (Å²) in [7, 11) is 0. The Hall–Kier alpha value is -2.29. The van der Waals surface area contributed by atoms with Crippen LogP contribution in [0.25, 0.3) is 0 Å². The van der Waals surface area contributed by atoms with Gasteiger partial charge in [-0.05, 0) is 42.7 Å². The SMILES string of the molecule is CCCOC(=O)C1=C(C)Nc2nc(SCc3ccccc3Cl)nn2C1c1ccc(Br)cc1. The Kier molecular flexibility index (Phi) is 7.23. The van der Waals surface area contributed by atoms with Gasteiger partial charge < -0.3 is 10.1 Å². The molecule has 3 aromatic rings. The molecule has 1 aliphatic rings. The highest BCUT2D eigenvalue weighted by molar-refractivity contribution is 9.10. The Morgan fingerprint density at radius 1 is 1.25 bits per heavy atom. The summed E-state index contributed by atoms with van der Waals surface area (Å²) >= 11 is 11.3. The number of carbonyl (C=O) groups excluding carboxylic acids is 1. The summed E-state index contributed by atoms with van der Waals surface area (Å²) in [4.78, 5) is 17.6. The summed E-state index contributed by atoms with van der Waals surface area (Å²) in [6.07, 6.45) is 0.756. The number of fused-ring (bicyclic) bond motifs is 1. The van der Waals surface area contributed by atoms with Gasteiger partial charge in [-0.2, -0.15) is 4.98 Å². The molecule has 6 nitrogen and oxygen atoms in total. The van der Waals surface area contributed by atoms with Crippen LogP contribution in [0.15, 0.2) is 69.4 Å². The van der Waals surface area contributed by atoms with Crippen LogP contribution in [0.1, 0.15) is 37.4 Å². The number of aromatic nitrogens is 3. The van der Waals surface area contributed by atoms with Crippen molar-refractivity contribution in [2.45, 2.75) is 37.2 Å². The summed E-state index contributed by atoms with van der Waals surface area (Å²) in [6, 6.07) is 15.1. The van der Waals surface area contributed by atoms with Gasteiger partial charge in [-0.1, -0.05) is 76.5 Å². The van der Waals surface area contributed by atoms with E-state index in [0.717, 1.165) is 22.0 Å². The van der Waals surface area contributed by atoms with Crippen LogP contribution in [0, 0.1) is 0 Å². The van der Waals surface area contributed by atoms with E-state index < -0.39 is 6.04 Å². The van der Waals surface area contributed by atoms with Crippen LogP contribution < -0.4 is 5.32 Å². The first-order valence-corrected chi connectivity index (χ1v) is 12.4. The molecule has 1 aliphatic heterocycles. The van der Waals surface area contributed by atoms with Crippen molar-refractivity contribution in [3.63, 3.8) is 0 Å². The number of ether oxygens (including phenoxy) is 1. The highest BCUT2D eigenvalue weighted by Crippen LogP contribution is 2.37. The largest absolute Gasteiger partial charge is 0.462 e. The van der Waals surface area contributed by atoms with Crippen LogP contribution in [-0.2, 0) is 15.3 Å². The summed E-state index contributed by atoms with van der Waals surface area (Å²) in [5, 5.41) is 9.28. The molecule has 0 amide bonds. The smallest absolute Gasteiger partial charge is 0.338 e. The fraction of sp³-hybridized carbons (Fsp3) is 0.261. The van der Waals surface area contributed by atoms with Gasteiger partial charge in [-0.3, -0.25) is 0 Å². The Morgan fingerprint density at radius 3 is 2.72 bits per heavy atom. The van der Waals surface area contributed by atoms with Crippen LogP contribution in [-0.4, -0.2) is 27.3 Å². The molecule has 0 spiro atoms. The van der Waals surface area contributed by atoms with Gasteiger partial charge in [0.1, 0.15) is 6.04 Å². The molecular weight excluding hydrogens is 512 g/mol. The molecule has 1 unspecified atom stereocenters. The lowest BCUT2D eigenvalue weighted by Crippen LogP contribution is -2.29. The van der Waals surface area contributed by atoms with Crippen LogP contribution >= 0.6 is 39.3 Å². The van der Waals surface area contributed by atoms with Crippen LogP contribution in [0.5, 0.6) is 0 Å². The van der Waals surface area contributed by atoms with Gasteiger partial charge in [-0.25, -0.2) is 9.48 Å². The van der Waals surface area contributed by atoms with Crippen molar-refractivity contribution in [2.75, 3.05) is 11.9 Å². The van der Waals surface area contributed by atoms with E-state index in [-0.39, 0.29) is 5.97 Å². The number of thioether (sulfide) groups is 1. The van der Waals surface area contributed by atoms with E-state index in [2.05, 4.69) is 26.2 Å². The Labute approximate surface area is 204 Å². The first-order valence-electron chi connectivity index (χ1n) is 10.2. The number of hydrogen-bond donors (Lipinski definition) is 1. The third-order valence-electron chi connectivity index (χ3n) is 4.99. The number of nitrogens with one attached hydrogen (secondary N) is 1. The van der Waals surface area contributed by atoms with Crippen LogP contribution in [0.2, 0.25) is 5.02 Å². The number of esters is 1. The summed E-state index contributed by atoms with van der Waals surface area (Å²) in [5.41, 5.74) is 3.18. The van der Waals surface area contributed by atoms with Crippen molar-refractivity contribution >= 4 is 51.2 Å². The van der Waals surface area contributed by atoms with Crippen molar-refractivity contribution in [2.24, 2.45) is 0 Å². The zero-order valence-corrected chi connectivity index (χ0v) is 20.8. The van der Waals surface area contributed by atoms with E-state index in [1.165, 1.54) is 11.8 Å². The lowest BCUT2D eigenvalue weighted by molar-refractivity contribution is -0.139. The third kappa shape index (κ3) is 4.87. The van der Waals surface area contributed by atoms with E-state index >= 15 is 0 Å². The van der Waals surface area contributed by atoms with Crippen molar-refractivity contribution in [1.82, 2.24) is 14.8 Å². The minimum Gasteiger partial charge on any atom is -0.462 e. The lowest BCUT2D eigenvalue weighted by atomic mass is 9.96. The van der Waals surface area contributed by atoms with E-state index in [4.69, 9.17) is 21.4 Å². The second-order valence-electron chi connectivity index (χ2n) is 7.30. The fourth-order valence-corrected chi connectivity index (χ4v) is 4.82. The van der Waals surface area contributed by atoms with Gasteiger partial charge in [0.15, 0.2) is 0 Å². The fourth-order valence-electron chi connectivity index (χ4n) is 3.44. The number of anilines is 1. The molecule has 1 N–H and O–H groups in total. The maximum absolute atomic E-state index is 13.0. The molecule has 1 atom stereocenters. The van der Waals surface area contributed by atoms with E-state index in [9.17, 15) is 4.79 Å².